The summed E-state index contributed by atoms with van der Waals surface area (Å²) in [5.74, 6) is 0. The zero-order valence-corrected chi connectivity index (χ0v) is 11.7. The number of hydrogen-bond donors (Lipinski definition) is 1. The van der Waals surface area contributed by atoms with Gasteiger partial charge in [0.2, 0.25) is 0 Å². The summed E-state index contributed by atoms with van der Waals surface area (Å²) in [5.41, 5.74) is 1.61. The lowest BCUT2D eigenvalue weighted by molar-refractivity contribution is 0.251. The van der Waals surface area contributed by atoms with Gasteiger partial charge < -0.3 is 5.32 Å². The fourth-order valence-corrected chi connectivity index (χ4v) is 2.53. The van der Waals surface area contributed by atoms with E-state index in [4.69, 9.17) is 0 Å². The van der Waals surface area contributed by atoms with Crippen molar-refractivity contribution in [3.05, 3.63) is 34.3 Å². The second kappa shape index (κ2) is 4.89. The molecular formula is C14H20BrN. The molecule has 0 atom stereocenters. The minimum absolute atomic E-state index is 0.207. The first-order valence-electron chi connectivity index (χ1n) is 6.07. The van der Waals surface area contributed by atoms with Crippen LogP contribution in [-0.2, 0) is 6.42 Å². The first-order valence-corrected chi connectivity index (χ1v) is 6.87. The van der Waals surface area contributed by atoms with E-state index >= 15 is 0 Å². The van der Waals surface area contributed by atoms with Crippen LogP contribution in [0.2, 0.25) is 0 Å². The number of nitrogens with one attached hydrogen (secondary N) is 1. The Hall–Kier alpha value is -0.340. The molecule has 0 unspecified atom stereocenters. The van der Waals surface area contributed by atoms with Gasteiger partial charge in [0.05, 0.1) is 0 Å². The van der Waals surface area contributed by atoms with Gasteiger partial charge in [-0.3, -0.25) is 0 Å². The Labute approximate surface area is 107 Å². The predicted molar refractivity (Wildman–Crippen MR) is 72.7 cm³/mol. The zero-order valence-electron chi connectivity index (χ0n) is 10.1. The molecule has 1 saturated carbocycles. The van der Waals surface area contributed by atoms with Crippen LogP contribution in [0.15, 0.2) is 28.7 Å². The lowest BCUT2D eigenvalue weighted by Gasteiger charge is -2.36. The van der Waals surface area contributed by atoms with Crippen LogP contribution in [-0.4, -0.2) is 11.6 Å². The van der Waals surface area contributed by atoms with Crippen LogP contribution in [0.3, 0.4) is 0 Å². The Morgan fingerprint density at radius 2 is 1.88 bits per heavy atom. The molecule has 1 aliphatic rings. The van der Waals surface area contributed by atoms with E-state index in [-0.39, 0.29) is 5.54 Å². The minimum atomic E-state index is 0.207. The summed E-state index contributed by atoms with van der Waals surface area (Å²) in [7, 11) is 0. The summed E-state index contributed by atoms with van der Waals surface area (Å²) in [4.78, 5) is 0. The third-order valence-corrected chi connectivity index (χ3v) is 3.79. The van der Waals surface area contributed by atoms with Crippen molar-refractivity contribution >= 4 is 15.9 Å². The van der Waals surface area contributed by atoms with Crippen LogP contribution in [0.4, 0.5) is 0 Å². The highest BCUT2D eigenvalue weighted by Crippen LogP contribution is 2.23. The molecule has 88 valence electrons. The van der Waals surface area contributed by atoms with E-state index < -0.39 is 0 Å². The first kappa shape index (κ1) is 12.1. The molecule has 0 aromatic heterocycles. The van der Waals surface area contributed by atoms with Gasteiger partial charge in [-0.05, 0) is 50.8 Å². The molecule has 1 aromatic carbocycles. The van der Waals surface area contributed by atoms with E-state index in [0.29, 0.717) is 0 Å². The van der Waals surface area contributed by atoms with E-state index in [9.17, 15) is 0 Å². The van der Waals surface area contributed by atoms with Crippen LogP contribution in [0.5, 0.6) is 0 Å². The predicted octanol–water partition coefficient (Wildman–Crippen LogP) is 3.91. The van der Waals surface area contributed by atoms with E-state index in [2.05, 4.69) is 59.4 Å². The maximum atomic E-state index is 3.74. The molecule has 2 heteroatoms. The molecule has 0 aliphatic heterocycles. The van der Waals surface area contributed by atoms with Crippen LogP contribution < -0.4 is 5.32 Å². The molecule has 1 nitrogen and oxygen atoms in total. The minimum Gasteiger partial charge on any atom is -0.309 e. The first-order chi connectivity index (χ1) is 7.55. The summed E-state index contributed by atoms with van der Waals surface area (Å²) < 4.78 is 1.15. The van der Waals surface area contributed by atoms with Crippen molar-refractivity contribution in [1.29, 1.82) is 0 Å². The van der Waals surface area contributed by atoms with Crippen molar-refractivity contribution in [1.82, 2.24) is 5.32 Å². The summed E-state index contributed by atoms with van der Waals surface area (Å²) in [6, 6.07) is 9.40. The molecule has 0 radical (unpaired) electrons. The number of halogens is 1. The Morgan fingerprint density at radius 3 is 2.38 bits per heavy atom. The van der Waals surface area contributed by atoms with Gasteiger partial charge in [-0.1, -0.05) is 34.5 Å². The fourth-order valence-electron chi connectivity index (χ4n) is 2.27. The van der Waals surface area contributed by atoms with E-state index in [1.165, 1.54) is 24.8 Å². The Morgan fingerprint density at radius 1 is 1.25 bits per heavy atom. The van der Waals surface area contributed by atoms with Gasteiger partial charge in [0.15, 0.2) is 0 Å². The molecule has 1 aliphatic carbocycles. The van der Waals surface area contributed by atoms with E-state index in [1.807, 2.05) is 0 Å². The lowest BCUT2D eigenvalue weighted by atomic mass is 9.87. The Kier molecular flexibility index (Phi) is 3.70. The molecule has 0 bridgehead atoms. The molecule has 0 amide bonds. The SMILES string of the molecule is CC(C)(Cc1ccc(Br)cc1)NC1CCC1. The van der Waals surface area contributed by atoms with Gasteiger partial charge in [0.25, 0.3) is 0 Å². The van der Waals surface area contributed by atoms with Crippen LogP contribution >= 0.6 is 15.9 Å². The molecule has 0 heterocycles. The van der Waals surface area contributed by atoms with Gasteiger partial charge >= 0.3 is 0 Å². The molecule has 16 heavy (non-hydrogen) atoms. The van der Waals surface area contributed by atoms with Crippen molar-refractivity contribution in [3.8, 4) is 0 Å². The van der Waals surface area contributed by atoms with Gasteiger partial charge in [0.1, 0.15) is 0 Å². The highest BCUT2D eigenvalue weighted by molar-refractivity contribution is 9.10. The third kappa shape index (κ3) is 3.33. The number of rotatable bonds is 4. The molecule has 2 rings (SSSR count). The summed E-state index contributed by atoms with van der Waals surface area (Å²) >= 11 is 3.47. The Balaban J connectivity index is 1.93. The lowest BCUT2D eigenvalue weighted by Crippen LogP contribution is -2.50. The maximum absolute atomic E-state index is 3.74. The zero-order chi connectivity index (χ0) is 11.6. The largest absolute Gasteiger partial charge is 0.309 e. The van der Waals surface area contributed by atoms with Gasteiger partial charge in [-0.2, -0.15) is 0 Å². The van der Waals surface area contributed by atoms with Crippen molar-refractivity contribution in [2.45, 2.75) is 51.1 Å². The number of benzene rings is 1. The highest BCUT2D eigenvalue weighted by Gasteiger charge is 2.25. The molecule has 0 saturated heterocycles. The van der Waals surface area contributed by atoms with Gasteiger partial charge in [0, 0.05) is 16.1 Å². The monoisotopic (exact) mass is 281 g/mol. The van der Waals surface area contributed by atoms with E-state index in [1.54, 1.807) is 0 Å². The molecule has 1 N–H and O–H groups in total. The average Bonchev–Trinajstić information content (AvgIpc) is 2.16. The normalized spacial score (nSPS) is 17.2. The fraction of sp³-hybridized carbons (Fsp3) is 0.571. The summed E-state index contributed by atoms with van der Waals surface area (Å²) in [5, 5.41) is 3.74. The standard InChI is InChI=1S/C14H20BrN/c1-14(2,16-13-4-3-5-13)10-11-6-8-12(15)9-7-11/h6-9,13,16H,3-5,10H2,1-2H3. The van der Waals surface area contributed by atoms with Crippen LogP contribution in [0.1, 0.15) is 38.7 Å². The van der Waals surface area contributed by atoms with E-state index in [0.717, 1.165) is 16.9 Å². The van der Waals surface area contributed by atoms with Crippen LogP contribution in [0, 0.1) is 0 Å². The van der Waals surface area contributed by atoms with Crippen molar-refractivity contribution in [3.63, 3.8) is 0 Å². The second-order valence-electron chi connectivity index (χ2n) is 5.46. The Bertz CT molecular complexity index is 338. The van der Waals surface area contributed by atoms with Crippen molar-refractivity contribution < 1.29 is 0 Å². The molecule has 1 aromatic rings. The highest BCUT2D eigenvalue weighted by atomic mass is 79.9. The van der Waals surface area contributed by atoms with Gasteiger partial charge in [-0.15, -0.1) is 0 Å². The number of hydrogen-bond acceptors (Lipinski definition) is 1. The molecule has 1 fully saturated rings. The smallest absolute Gasteiger partial charge is 0.0175 e. The maximum Gasteiger partial charge on any atom is 0.0175 e. The van der Waals surface area contributed by atoms with Gasteiger partial charge in [-0.25, -0.2) is 0 Å². The van der Waals surface area contributed by atoms with Crippen molar-refractivity contribution in [2.75, 3.05) is 0 Å². The summed E-state index contributed by atoms with van der Waals surface area (Å²) in [6.07, 6.45) is 5.19. The summed E-state index contributed by atoms with van der Waals surface area (Å²) in [6.45, 7) is 4.60. The van der Waals surface area contributed by atoms with Crippen molar-refractivity contribution in [2.24, 2.45) is 0 Å². The molecular weight excluding hydrogens is 262 g/mol. The third-order valence-electron chi connectivity index (χ3n) is 3.26. The quantitative estimate of drug-likeness (QED) is 0.882. The molecule has 0 spiro atoms. The average molecular weight is 282 g/mol. The topological polar surface area (TPSA) is 12.0 Å². The second-order valence-corrected chi connectivity index (χ2v) is 6.37. The van der Waals surface area contributed by atoms with Crippen LogP contribution in [0.25, 0.3) is 0 Å².